The van der Waals surface area contributed by atoms with Crippen molar-refractivity contribution in [1.82, 2.24) is 19.4 Å². The molecule has 0 atom stereocenters. The SMILES string of the molecule is O=C1CCCN1CCCN(CC(=O)N1CCNCC1)S(=O)(=O)c1cccs1. The van der Waals surface area contributed by atoms with Crippen molar-refractivity contribution in [2.75, 3.05) is 52.4 Å². The minimum atomic E-state index is -3.72. The number of rotatable bonds is 8. The molecule has 1 N–H and O–H groups in total. The van der Waals surface area contributed by atoms with Crippen molar-refractivity contribution >= 4 is 33.2 Å². The Balaban J connectivity index is 1.66. The van der Waals surface area contributed by atoms with E-state index in [0.717, 1.165) is 37.4 Å². The summed E-state index contributed by atoms with van der Waals surface area (Å²) in [6.07, 6.45) is 1.95. The molecule has 2 fully saturated rings. The van der Waals surface area contributed by atoms with E-state index in [1.807, 2.05) is 0 Å². The van der Waals surface area contributed by atoms with Crippen molar-refractivity contribution in [3.63, 3.8) is 0 Å². The maximum Gasteiger partial charge on any atom is 0.253 e. The zero-order valence-electron chi connectivity index (χ0n) is 15.3. The molecule has 0 aromatic carbocycles. The smallest absolute Gasteiger partial charge is 0.253 e. The maximum absolute atomic E-state index is 13.0. The van der Waals surface area contributed by atoms with Gasteiger partial charge in [-0.05, 0) is 24.3 Å². The first-order chi connectivity index (χ1) is 13.0. The Labute approximate surface area is 164 Å². The summed E-state index contributed by atoms with van der Waals surface area (Å²) in [4.78, 5) is 27.9. The summed E-state index contributed by atoms with van der Waals surface area (Å²) in [5.74, 6) is -0.0477. The van der Waals surface area contributed by atoms with Crippen LogP contribution in [0.3, 0.4) is 0 Å². The Morgan fingerprint density at radius 2 is 2.04 bits per heavy atom. The van der Waals surface area contributed by atoms with Crippen LogP contribution in [0.4, 0.5) is 0 Å². The first-order valence-electron chi connectivity index (χ1n) is 9.28. The second-order valence-electron chi connectivity index (χ2n) is 6.74. The quantitative estimate of drug-likeness (QED) is 0.656. The monoisotopic (exact) mass is 414 g/mol. The van der Waals surface area contributed by atoms with Gasteiger partial charge in [-0.2, -0.15) is 4.31 Å². The van der Waals surface area contributed by atoms with Gasteiger partial charge < -0.3 is 15.1 Å². The lowest BCUT2D eigenvalue weighted by Gasteiger charge is -2.30. The summed E-state index contributed by atoms with van der Waals surface area (Å²) in [5.41, 5.74) is 0. The van der Waals surface area contributed by atoms with Crippen LogP contribution in [0.5, 0.6) is 0 Å². The molecule has 2 aliphatic rings. The zero-order chi connectivity index (χ0) is 19.3. The number of hydrogen-bond donors (Lipinski definition) is 1. The number of likely N-dealkylation sites (tertiary alicyclic amines) is 1. The molecule has 2 amide bonds. The van der Waals surface area contributed by atoms with Gasteiger partial charge in [0.2, 0.25) is 11.8 Å². The van der Waals surface area contributed by atoms with Crippen LogP contribution in [0.15, 0.2) is 21.7 Å². The molecule has 3 rings (SSSR count). The molecule has 0 radical (unpaired) electrons. The van der Waals surface area contributed by atoms with Crippen LogP contribution >= 0.6 is 11.3 Å². The fraction of sp³-hybridized carbons (Fsp3) is 0.647. The molecular weight excluding hydrogens is 388 g/mol. The van der Waals surface area contributed by atoms with Gasteiger partial charge in [0.15, 0.2) is 0 Å². The van der Waals surface area contributed by atoms with Gasteiger partial charge in [0.25, 0.3) is 10.0 Å². The van der Waals surface area contributed by atoms with Crippen LogP contribution in [-0.4, -0.2) is 86.7 Å². The van der Waals surface area contributed by atoms with E-state index in [-0.39, 0.29) is 29.1 Å². The van der Waals surface area contributed by atoms with E-state index in [0.29, 0.717) is 32.5 Å². The van der Waals surface area contributed by atoms with Crippen molar-refractivity contribution in [3.8, 4) is 0 Å². The first kappa shape index (κ1) is 20.2. The number of hydrogen-bond acceptors (Lipinski definition) is 6. The van der Waals surface area contributed by atoms with Crippen LogP contribution in [0, 0.1) is 0 Å². The molecule has 1 aromatic heterocycles. The van der Waals surface area contributed by atoms with E-state index in [1.165, 1.54) is 4.31 Å². The Morgan fingerprint density at radius 1 is 1.26 bits per heavy atom. The molecular formula is C17H26N4O4S2. The number of carbonyl (C=O) groups excluding carboxylic acids is 2. The van der Waals surface area contributed by atoms with Crippen molar-refractivity contribution in [3.05, 3.63) is 17.5 Å². The van der Waals surface area contributed by atoms with Crippen molar-refractivity contribution in [2.24, 2.45) is 0 Å². The highest BCUT2D eigenvalue weighted by molar-refractivity contribution is 7.91. The average molecular weight is 415 g/mol. The molecule has 2 saturated heterocycles. The molecule has 27 heavy (non-hydrogen) atoms. The van der Waals surface area contributed by atoms with Gasteiger partial charge in [-0.25, -0.2) is 8.42 Å². The Kier molecular flexibility index (Phi) is 6.85. The number of thiophene rings is 1. The van der Waals surface area contributed by atoms with Gasteiger partial charge in [-0.15, -0.1) is 11.3 Å². The summed E-state index contributed by atoms with van der Waals surface area (Å²) < 4.78 is 27.5. The third-order valence-corrected chi connectivity index (χ3v) is 8.10. The maximum atomic E-state index is 13.0. The molecule has 0 bridgehead atoms. The van der Waals surface area contributed by atoms with Gasteiger partial charge in [0, 0.05) is 52.2 Å². The van der Waals surface area contributed by atoms with Gasteiger partial charge in [-0.1, -0.05) is 6.07 Å². The van der Waals surface area contributed by atoms with Crippen LogP contribution < -0.4 is 5.32 Å². The Hall–Kier alpha value is -1.49. The summed E-state index contributed by atoms with van der Waals surface area (Å²) in [6, 6.07) is 3.25. The summed E-state index contributed by atoms with van der Waals surface area (Å²) in [7, 11) is -3.72. The first-order valence-corrected chi connectivity index (χ1v) is 11.6. The number of nitrogens with one attached hydrogen (secondary N) is 1. The van der Waals surface area contributed by atoms with Gasteiger partial charge >= 0.3 is 0 Å². The van der Waals surface area contributed by atoms with Crippen LogP contribution in [0.25, 0.3) is 0 Å². The van der Waals surface area contributed by atoms with Crippen molar-refractivity contribution < 1.29 is 18.0 Å². The summed E-state index contributed by atoms with van der Waals surface area (Å²) in [5, 5.41) is 4.90. The number of carbonyl (C=O) groups is 2. The number of piperazine rings is 1. The van der Waals surface area contributed by atoms with Gasteiger partial charge in [0.1, 0.15) is 4.21 Å². The third kappa shape index (κ3) is 5.07. The fourth-order valence-corrected chi connectivity index (χ4v) is 5.94. The second kappa shape index (κ2) is 9.13. The topological polar surface area (TPSA) is 90.0 Å². The normalized spacial score (nSPS) is 18.5. The molecule has 2 aliphatic heterocycles. The molecule has 3 heterocycles. The predicted molar refractivity (Wildman–Crippen MR) is 103 cm³/mol. The Morgan fingerprint density at radius 3 is 2.67 bits per heavy atom. The Bertz CT molecular complexity index is 745. The summed E-state index contributed by atoms with van der Waals surface area (Å²) in [6.45, 7) is 3.95. The van der Waals surface area contributed by atoms with Gasteiger partial charge in [-0.3, -0.25) is 9.59 Å². The van der Waals surface area contributed by atoms with E-state index in [4.69, 9.17) is 0 Å². The van der Waals surface area contributed by atoms with E-state index in [9.17, 15) is 18.0 Å². The van der Waals surface area contributed by atoms with Crippen molar-refractivity contribution in [2.45, 2.75) is 23.5 Å². The zero-order valence-corrected chi connectivity index (χ0v) is 16.9. The van der Waals surface area contributed by atoms with Gasteiger partial charge in [0.05, 0.1) is 6.54 Å². The third-order valence-electron chi connectivity index (χ3n) is 4.88. The number of sulfonamides is 1. The molecule has 0 spiro atoms. The van der Waals surface area contributed by atoms with Crippen LogP contribution in [-0.2, 0) is 19.6 Å². The summed E-state index contributed by atoms with van der Waals surface area (Å²) >= 11 is 1.15. The number of amides is 2. The lowest BCUT2D eigenvalue weighted by molar-refractivity contribution is -0.132. The highest BCUT2D eigenvalue weighted by atomic mass is 32.2. The van der Waals surface area contributed by atoms with E-state index >= 15 is 0 Å². The largest absolute Gasteiger partial charge is 0.343 e. The standard InChI is InChI=1S/C17H26N4O4S2/c22-15-4-1-8-19(15)9-3-10-21(27(24,25)17-5-2-13-26-17)14-16(23)20-11-6-18-7-12-20/h2,5,13,18H,1,3-4,6-12,14H2. The van der Waals surface area contributed by atoms with Crippen LogP contribution in [0.1, 0.15) is 19.3 Å². The van der Waals surface area contributed by atoms with E-state index in [1.54, 1.807) is 27.3 Å². The fourth-order valence-electron chi connectivity index (χ4n) is 3.37. The molecule has 150 valence electrons. The lowest BCUT2D eigenvalue weighted by Crippen LogP contribution is -2.50. The molecule has 0 unspecified atom stereocenters. The molecule has 0 aliphatic carbocycles. The minimum absolute atomic E-state index is 0.125. The van der Waals surface area contributed by atoms with E-state index < -0.39 is 10.0 Å². The molecule has 0 saturated carbocycles. The predicted octanol–water partition coefficient (Wildman–Crippen LogP) is 0.183. The highest BCUT2D eigenvalue weighted by Crippen LogP contribution is 2.21. The van der Waals surface area contributed by atoms with E-state index in [2.05, 4.69) is 5.32 Å². The molecule has 1 aromatic rings. The highest BCUT2D eigenvalue weighted by Gasteiger charge is 2.30. The second-order valence-corrected chi connectivity index (χ2v) is 9.85. The molecule has 8 nitrogen and oxygen atoms in total. The number of nitrogens with zero attached hydrogens (tertiary/aromatic N) is 3. The molecule has 10 heteroatoms. The van der Waals surface area contributed by atoms with Crippen molar-refractivity contribution in [1.29, 1.82) is 0 Å². The van der Waals surface area contributed by atoms with Crippen LogP contribution in [0.2, 0.25) is 0 Å². The minimum Gasteiger partial charge on any atom is -0.343 e. The lowest BCUT2D eigenvalue weighted by atomic mass is 10.3. The average Bonchev–Trinajstić information content (AvgIpc) is 3.34.